The highest BCUT2D eigenvalue weighted by Gasteiger charge is 2.29. The van der Waals surface area contributed by atoms with E-state index in [0.29, 0.717) is 16.7 Å². The third-order valence-electron chi connectivity index (χ3n) is 4.37. The summed E-state index contributed by atoms with van der Waals surface area (Å²) in [5.74, 6) is 0.508. The Bertz CT molecular complexity index is 1020. The maximum absolute atomic E-state index is 12.6. The molecule has 1 aromatic carbocycles. The normalized spacial score (nSPS) is 13.8. The standard InChI is InChI=1S/C19H16IN3O2/c20-9-12-3-1-2-4-13(12)15-8-17(24)14-7-18(21-10-16(14)22-15)23-19(25)11-5-6-11/h1-4,7-8,10-11H,5-6,9H2,(H,22,24)(H,21,23,25). The molecule has 0 radical (unpaired) electrons. The van der Waals surface area contributed by atoms with E-state index in [4.69, 9.17) is 0 Å². The fourth-order valence-electron chi connectivity index (χ4n) is 2.84. The minimum absolute atomic E-state index is 0.0177. The van der Waals surface area contributed by atoms with Crippen molar-refractivity contribution < 1.29 is 4.79 Å². The van der Waals surface area contributed by atoms with Gasteiger partial charge in [-0.25, -0.2) is 4.98 Å². The topological polar surface area (TPSA) is 74.8 Å². The number of nitrogens with zero attached hydrogens (tertiary/aromatic N) is 1. The molecule has 6 heteroatoms. The fraction of sp³-hybridized carbons (Fsp3) is 0.211. The van der Waals surface area contributed by atoms with Gasteiger partial charge in [0.05, 0.1) is 22.8 Å². The summed E-state index contributed by atoms with van der Waals surface area (Å²) in [5.41, 5.74) is 3.54. The summed E-state index contributed by atoms with van der Waals surface area (Å²) < 4.78 is 0.860. The number of H-pyrrole nitrogens is 1. The molecule has 2 aromatic heterocycles. The van der Waals surface area contributed by atoms with Crippen molar-refractivity contribution in [1.29, 1.82) is 0 Å². The van der Waals surface area contributed by atoms with Gasteiger partial charge >= 0.3 is 0 Å². The van der Waals surface area contributed by atoms with E-state index in [1.165, 1.54) is 5.56 Å². The first-order chi connectivity index (χ1) is 12.2. The van der Waals surface area contributed by atoms with Crippen LogP contribution < -0.4 is 10.7 Å². The highest BCUT2D eigenvalue weighted by Crippen LogP contribution is 2.30. The zero-order valence-corrected chi connectivity index (χ0v) is 15.5. The highest BCUT2D eigenvalue weighted by molar-refractivity contribution is 14.1. The summed E-state index contributed by atoms with van der Waals surface area (Å²) in [6.07, 6.45) is 3.47. The third-order valence-corrected chi connectivity index (χ3v) is 5.19. The summed E-state index contributed by atoms with van der Waals surface area (Å²) in [5, 5.41) is 3.31. The minimum atomic E-state index is -0.0867. The zero-order valence-electron chi connectivity index (χ0n) is 13.4. The number of carbonyl (C=O) groups excluding carboxylic acids is 1. The maximum atomic E-state index is 12.6. The average molecular weight is 445 g/mol. The van der Waals surface area contributed by atoms with Crippen LogP contribution in [0.5, 0.6) is 0 Å². The predicted octanol–water partition coefficient (Wildman–Crippen LogP) is 3.87. The quantitative estimate of drug-likeness (QED) is 0.473. The molecule has 0 unspecified atom stereocenters. The number of anilines is 1. The van der Waals surface area contributed by atoms with Gasteiger partial charge in [-0.1, -0.05) is 46.9 Å². The predicted molar refractivity (Wildman–Crippen MR) is 107 cm³/mol. The lowest BCUT2D eigenvalue weighted by Crippen LogP contribution is -2.15. The smallest absolute Gasteiger partial charge is 0.228 e. The molecule has 1 saturated carbocycles. The minimum Gasteiger partial charge on any atom is -0.353 e. The van der Waals surface area contributed by atoms with Crippen molar-refractivity contribution in [3.05, 3.63) is 58.4 Å². The summed E-state index contributed by atoms with van der Waals surface area (Å²) in [7, 11) is 0. The molecular formula is C19H16IN3O2. The second kappa shape index (κ2) is 6.59. The number of benzene rings is 1. The van der Waals surface area contributed by atoms with Crippen LogP contribution in [0, 0.1) is 5.92 Å². The second-order valence-electron chi connectivity index (χ2n) is 6.22. The van der Waals surface area contributed by atoms with Gasteiger partial charge in [0.15, 0.2) is 5.43 Å². The molecule has 2 N–H and O–H groups in total. The Morgan fingerprint density at radius 3 is 2.84 bits per heavy atom. The molecule has 0 aliphatic heterocycles. The van der Waals surface area contributed by atoms with Crippen LogP contribution in [-0.4, -0.2) is 15.9 Å². The van der Waals surface area contributed by atoms with Gasteiger partial charge in [0, 0.05) is 22.0 Å². The summed E-state index contributed by atoms with van der Waals surface area (Å²) in [6, 6.07) is 11.3. The first-order valence-electron chi connectivity index (χ1n) is 8.14. The highest BCUT2D eigenvalue weighted by atomic mass is 127. The van der Waals surface area contributed by atoms with E-state index in [9.17, 15) is 9.59 Å². The number of amides is 1. The van der Waals surface area contributed by atoms with Crippen LogP contribution >= 0.6 is 22.6 Å². The first-order valence-corrected chi connectivity index (χ1v) is 9.66. The Morgan fingerprint density at radius 2 is 2.08 bits per heavy atom. The molecule has 25 heavy (non-hydrogen) atoms. The number of aromatic nitrogens is 2. The molecule has 1 fully saturated rings. The van der Waals surface area contributed by atoms with Gasteiger partial charge in [-0.3, -0.25) is 9.59 Å². The SMILES string of the molecule is O=C(Nc1cc2c(=O)cc(-c3ccccc3CI)[nH]c2cn1)C1CC1. The molecular weight excluding hydrogens is 429 g/mol. The largest absolute Gasteiger partial charge is 0.353 e. The van der Waals surface area contributed by atoms with Crippen molar-refractivity contribution in [3.63, 3.8) is 0 Å². The number of carbonyl (C=O) groups is 1. The Kier molecular flexibility index (Phi) is 4.29. The van der Waals surface area contributed by atoms with Crippen molar-refractivity contribution in [2.75, 3.05) is 5.32 Å². The number of hydrogen-bond donors (Lipinski definition) is 2. The molecule has 3 aromatic rings. The van der Waals surface area contributed by atoms with Gasteiger partial charge in [-0.05, 0) is 24.5 Å². The summed E-state index contributed by atoms with van der Waals surface area (Å²) in [4.78, 5) is 32.0. The summed E-state index contributed by atoms with van der Waals surface area (Å²) in [6.45, 7) is 0. The van der Waals surface area contributed by atoms with Gasteiger partial charge in [-0.15, -0.1) is 0 Å². The van der Waals surface area contributed by atoms with Crippen molar-refractivity contribution >= 4 is 45.2 Å². The Morgan fingerprint density at radius 1 is 1.28 bits per heavy atom. The molecule has 5 nitrogen and oxygen atoms in total. The number of nitrogens with one attached hydrogen (secondary N) is 2. The molecule has 1 aliphatic rings. The van der Waals surface area contributed by atoms with Gasteiger partial charge < -0.3 is 10.3 Å². The lowest BCUT2D eigenvalue weighted by atomic mass is 10.0. The fourth-order valence-corrected chi connectivity index (χ4v) is 3.50. The van der Waals surface area contributed by atoms with Crippen LogP contribution in [0.2, 0.25) is 0 Å². The number of hydrogen-bond acceptors (Lipinski definition) is 3. The average Bonchev–Trinajstić information content (AvgIpc) is 3.47. The molecule has 0 atom stereocenters. The molecule has 1 aliphatic carbocycles. The van der Waals surface area contributed by atoms with Gasteiger partial charge in [0.2, 0.25) is 5.91 Å². The van der Waals surface area contributed by atoms with Crippen molar-refractivity contribution in [2.24, 2.45) is 5.92 Å². The Hall–Kier alpha value is -2.22. The van der Waals surface area contributed by atoms with Crippen molar-refractivity contribution in [2.45, 2.75) is 17.3 Å². The van der Waals surface area contributed by atoms with Gasteiger partial charge in [-0.2, -0.15) is 0 Å². The van der Waals surface area contributed by atoms with E-state index in [1.54, 1.807) is 18.3 Å². The Balaban J connectivity index is 1.75. The van der Waals surface area contributed by atoms with Crippen LogP contribution in [0.1, 0.15) is 18.4 Å². The lowest BCUT2D eigenvalue weighted by molar-refractivity contribution is -0.117. The van der Waals surface area contributed by atoms with Crippen LogP contribution in [0.4, 0.5) is 5.82 Å². The van der Waals surface area contributed by atoms with E-state index >= 15 is 0 Å². The van der Waals surface area contributed by atoms with E-state index in [-0.39, 0.29) is 17.3 Å². The number of aromatic amines is 1. The first kappa shape index (κ1) is 16.3. The van der Waals surface area contributed by atoms with Crippen LogP contribution in [-0.2, 0) is 9.22 Å². The molecule has 126 valence electrons. The molecule has 1 amide bonds. The molecule has 2 heterocycles. The molecule has 0 bridgehead atoms. The number of halogens is 1. The second-order valence-corrected chi connectivity index (χ2v) is 6.98. The molecule has 0 spiro atoms. The number of pyridine rings is 2. The van der Waals surface area contributed by atoms with Crippen LogP contribution in [0.3, 0.4) is 0 Å². The van der Waals surface area contributed by atoms with Crippen LogP contribution in [0.25, 0.3) is 22.2 Å². The summed E-state index contributed by atoms with van der Waals surface area (Å²) >= 11 is 2.31. The third kappa shape index (κ3) is 3.30. The van der Waals surface area contributed by atoms with Gasteiger partial charge in [0.25, 0.3) is 0 Å². The lowest BCUT2D eigenvalue weighted by Gasteiger charge is -2.09. The maximum Gasteiger partial charge on any atom is 0.228 e. The number of rotatable bonds is 4. The van der Waals surface area contributed by atoms with E-state index in [1.807, 2.05) is 18.2 Å². The van der Waals surface area contributed by atoms with Crippen molar-refractivity contribution in [1.82, 2.24) is 9.97 Å². The van der Waals surface area contributed by atoms with Gasteiger partial charge in [0.1, 0.15) is 5.82 Å². The number of alkyl halides is 1. The van der Waals surface area contributed by atoms with Crippen molar-refractivity contribution in [3.8, 4) is 11.3 Å². The Labute approximate surface area is 158 Å². The van der Waals surface area contributed by atoms with E-state index in [2.05, 4.69) is 43.9 Å². The number of fused-ring (bicyclic) bond motifs is 1. The van der Waals surface area contributed by atoms with E-state index < -0.39 is 0 Å². The molecule has 0 saturated heterocycles. The monoisotopic (exact) mass is 445 g/mol. The zero-order chi connectivity index (χ0) is 17.4. The molecule has 4 rings (SSSR count). The van der Waals surface area contributed by atoms with E-state index in [0.717, 1.165) is 28.5 Å². The van der Waals surface area contributed by atoms with Crippen LogP contribution in [0.15, 0.2) is 47.4 Å².